The molecular formula is C10H14N4O2. The van der Waals surface area contributed by atoms with E-state index in [2.05, 4.69) is 10.4 Å². The lowest BCUT2D eigenvalue weighted by Gasteiger charge is -2.07. The molecule has 0 bridgehead atoms. The summed E-state index contributed by atoms with van der Waals surface area (Å²) < 4.78 is 6.86. The largest absolute Gasteiger partial charge is 0.472 e. The molecule has 1 rings (SSSR count). The van der Waals surface area contributed by atoms with Gasteiger partial charge in [0.05, 0.1) is 18.4 Å². The van der Waals surface area contributed by atoms with Crippen LogP contribution >= 0.6 is 0 Å². The van der Waals surface area contributed by atoms with Crippen LogP contribution in [0.2, 0.25) is 0 Å². The van der Waals surface area contributed by atoms with Crippen LogP contribution < -0.4 is 10.1 Å². The van der Waals surface area contributed by atoms with Gasteiger partial charge in [0.2, 0.25) is 6.41 Å². The van der Waals surface area contributed by atoms with Gasteiger partial charge in [-0.05, 0) is 20.8 Å². The molecule has 0 aliphatic heterocycles. The third kappa shape index (κ3) is 2.73. The van der Waals surface area contributed by atoms with Gasteiger partial charge in [-0.1, -0.05) is 0 Å². The first-order valence-corrected chi connectivity index (χ1v) is 4.94. The molecule has 0 saturated heterocycles. The molecule has 0 fully saturated rings. The van der Waals surface area contributed by atoms with Crippen LogP contribution in [0.5, 0.6) is 5.88 Å². The summed E-state index contributed by atoms with van der Waals surface area (Å²) in [5, 5.41) is 15.3. The fraction of sp³-hybridized carbons (Fsp3) is 0.500. The first-order valence-electron chi connectivity index (χ1n) is 4.94. The number of anilines is 1. The minimum absolute atomic E-state index is 0.0482. The lowest BCUT2D eigenvalue weighted by atomic mass is 10.4. The molecule has 0 saturated carbocycles. The van der Waals surface area contributed by atoms with E-state index in [4.69, 9.17) is 10.00 Å². The van der Waals surface area contributed by atoms with Gasteiger partial charge in [0.15, 0.2) is 0 Å². The van der Waals surface area contributed by atoms with Crippen LogP contribution in [0.15, 0.2) is 6.20 Å². The summed E-state index contributed by atoms with van der Waals surface area (Å²) >= 11 is 0. The molecule has 0 aliphatic rings. The fourth-order valence-electron chi connectivity index (χ4n) is 1.11. The SMILES string of the molecule is CC(C)Oc1nn([C@@H](C)C#N)cc1NC=O. The van der Waals surface area contributed by atoms with E-state index in [1.807, 2.05) is 19.9 Å². The Balaban J connectivity index is 3.00. The summed E-state index contributed by atoms with van der Waals surface area (Å²) in [5.74, 6) is 0.323. The molecule has 1 heterocycles. The van der Waals surface area contributed by atoms with Crippen LogP contribution in [0.25, 0.3) is 0 Å². The van der Waals surface area contributed by atoms with Gasteiger partial charge in [-0.25, -0.2) is 4.68 Å². The molecule has 6 nitrogen and oxygen atoms in total. The van der Waals surface area contributed by atoms with Gasteiger partial charge in [-0.3, -0.25) is 4.79 Å². The molecule has 86 valence electrons. The van der Waals surface area contributed by atoms with Crippen molar-refractivity contribution in [1.29, 1.82) is 5.26 Å². The van der Waals surface area contributed by atoms with Crippen molar-refractivity contribution in [3.63, 3.8) is 0 Å². The molecule has 1 amide bonds. The highest BCUT2D eigenvalue weighted by atomic mass is 16.5. The maximum Gasteiger partial charge on any atom is 0.257 e. The van der Waals surface area contributed by atoms with Crippen molar-refractivity contribution in [3.8, 4) is 11.9 Å². The molecule has 0 aliphatic carbocycles. The predicted molar refractivity (Wildman–Crippen MR) is 58.0 cm³/mol. The van der Waals surface area contributed by atoms with Crippen LogP contribution in [0.1, 0.15) is 26.8 Å². The molecule has 1 aromatic rings. The summed E-state index contributed by atoms with van der Waals surface area (Å²) in [6.45, 7) is 5.42. The Morgan fingerprint density at radius 3 is 2.81 bits per heavy atom. The van der Waals surface area contributed by atoms with Gasteiger partial charge in [-0.15, -0.1) is 5.10 Å². The highest BCUT2D eigenvalue weighted by molar-refractivity contribution is 5.73. The molecule has 1 aromatic heterocycles. The van der Waals surface area contributed by atoms with Crippen LogP contribution in [0.4, 0.5) is 5.69 Å². The van der Waals surface area contributed by atoms with Crippen molar-refractivity contribution in [2.75, 3.05) is 5.32 Å². The van der Waals surface area contributed by atoms with Gasteiger partial charge in [-0.2, -0.15) is 5.26 Å². The minimum atomic E-state index is -0.406. The van der Waals surface area contributed by atoms with Gasteiger partial charge >= 0.3 is 0 Å². The molecule has 0 radical (unpaired) electrons. The summed E-state index contributed by atoms with van der Waals surface area (Å²) in [4.78, 5) is 10.4. The van der Waals surface area contributed by atoms with E-state index in [0.29, 0.717) is 18.0 Å². The van der Waals surface area contributed by atoms with E-state index in [9.17, 15) is 4.79 Å². The second-order valence-corrected chi connectivity index (χ2v) is 3.56. The monoisotopic (exact) mass is 222 g/mol. The van der Waals surface area contributed by atoms with Gasteiger partial charge in [0, 0.05) is 0 Å². The Labute approximate surface area is 93.8 Å². The smallest absolute Gasteiger partial charge is 0.257 e. The van der Waals surface area contributed by atoms with Gasteiger partial charge < -0.3 is 10.1 Å². The van der Waals surface area contributed by atoms with E-state index >= 15 is 0 Å². The molecular weight excluding hydrogens is 208 g/mol. The number of hydrogen-bond acceptors (Lipinski definition) is 4. The summed E-state index contributed by atoms with van der Waals surface area (Å²) in [5.41, 5.74) is 0.464. The Bertz CT molecular complexity index is 405. The van der Waals surface area contributed by atoms with E-state index in [1.165, 1.54) is 4.68 Å². The number of ether oxygens (including phenoxy) is 1. The average Bonchev–Trinajstić information content (AvgIpc) is 2.60. The van der Waals surface area contributed by atoms with Crippen molar-refractivity contribution < 1.29 is 9.53 Å². The third-order valence-electron chi connectivity index (χ3n) is 1.84. The van der Waals surface area contributed by atoms with Gasteiger partial charge in [0.1, 0.15) is 11.7 Å². The normalized spacial score (nSPS) is 11.9. The van der Waals surface area contributed by atoms with E-state index < -0.39 is 6.04 Å². The number of carbonyl (C=O) groups excluding carboxylic acids is 1. The third-order valence-corrected chi connectivity index (χ3v) is 1.84. The maximum atomic E-state index is 10.4. The number of amides is 1. The number of nitrogens with one attached hydrogen (secondary N) is 1. The quantitative estimate of drug-likeness (QED) is 0.762. The van der Waals surface area contributed by atoms with Crippen LogP contribution in [-0.2, 0) is 4.79 Å². The molecule has 1 N–H and O–H groups in total. The first kappa shape index (κ1) is 12.0. The zero-order valence-corrected chi connectivity index (χ0v) is 9.47. The van der Waals surface area contributed by atoms with Gasteiger partial charge in [0.25, 0.3) is 5.88 Å². The Hall–Kier alpha value is -2.03. The number of rotatable bonds is 5. The van der Waals surface area contributed by atoms with E-state index in [0.717, 1.165) is 0 Å². The highest BCUT2D eigenvalue weighted by Crippen LogP contribution is 2.24. The van der Waals surface area contributed by atoms with Crippen LogP contribution in [-0.4, -0.2) is 22.3 Å². The topological polar surface area (TPSA) is 79.9 Å². The number of nitriles is 1. The lowest BCUT2D eigenvalue weighted by molar-refractivity contribution is -0.105. The number of aromatic nitrogens is 2. The fourth-order valence-corrected chi connectivity index (χ4v) is 1.11. The minimum Gasteiger partial charge on any atom is -0.472 e. The molecule has 16 heavy (non-hydrogen) atoms. The zero-order chi connectivity index (χ0) is 12.1. The van der Waals surface area contributed by atoms with Crippen LogP contribution in [0, 0.1) is 11.3 Å². The number of hydrogen-bond donors (Lipinski definition) is 1. The maximum absolute atomic E-state index is 10.4. The van der Waals surface area contributed by atoms with E-state index in [1.54, 1.807) is 13.1 Å². The molecule has 0 unspecified atom stereocenters. The van der Waals surface area contributed by atoms with Crippen LogP contribution in [0.3, 0.4) is 0 Å². The highest BCUT2D eigenvalue weighted by Gasteiger charge is 2.14. The van der Waals surface area contributed by atoms with Crippen molar-refractivity contribution in [2.24, 2.45) is 0 Å². The predicted octanol–water partition coefficient (Wildman–Crippen LogP) is 1.32. The second-order valence-electron chi connectivity index (χ2n) is 3.56. The van der Waals surface area contributed by atoms with E-state index in [-0.39, 0.29) is 6.10 Å². The summed E-state index contributed by atoms with van der Waals surface area (Å²) in [6.07, 6.45) is 2.07. The molecule has 0 aromatic carbocycles. The molecule has 6 heteroatoms. The number of carbonyl (C=O) groups is 1. The number of nitrogens with zero attached hydrogens (tertiary/aromatic N) is 3. The standard InChI is InChI=1S/C10H14N4O2/c1-7(2)16-10-9(12-6-15)5-14(13-10)8(3)4-11/h5-8H,1-3H3,(H,12,15)/t8-/m0/s1. The van der Waals surface area contributed by atoms with Crippen molar-refractivity contribution >= 4 is 12.1 Å². The Kier molecular flexibility index (Phi) is 3.89. The van der Waals surface area contributed by atoms with Crippen molar-refractivity contribution in [2.45, 2.75) is 32.9 Å². The first-order chi connectivity index (χ1) is 7.58. The Morgan fingerprint density at radius 2 is 2.31 bits per heavy atom. The molecule has 0 spiro atoms. The zero-order valence-electron chi connectivity index (χ0n) is 9.47. The second kappa shape index (κ2) is 5.16. The van der Waals surface area contributed by atoms with Crippen molar-refractivity contribution in [3.05, 3.63) is 6.20 Å². The lowest BCUT2D eigenvalue weighted by Crippen LogP contribution is -2.08. The summed E-state index contributed by atoms with van der Waals surface area (Å²) in [7, 11) is 0. The summed E-state index contributed by atoms with van der Waals surface area (Å²) in [6, 6.07) is 1.64. The average molecular weight is 222 g/mol. The Morgan fingerprint density at radius 1 is 1.62 bits per heavy atom. The molecule has 1 atom stereocenters. The van der Waals surface area contributed by atoms with Crippen molar-refractivity contribution in [1.82, 2.24) is 9.78 Å².